The molecule has 1 amide bonds. The van der Waals surface area contributed by atoms with Gasteiger partial charge in [-0.2, -0.15) is 0 Å². The SMILES string of the molecule is CCC(C)CN1C(=O)C(CC)NC1CC. The van der Waals surface area contributed by atoms with E-state index in [1.165, 1.54) is 0 Å². The minimum absolute atomic E-state index is 0.0546. The van der Waals surface area contributed by atoms with Crippen molar-refractivity contribution in [3.8, 4) is 0 Å². The van der Waals surface area contributed by atoms with Crippen LogP contribution in [0.25, 0.3) is 0 Å². The van der Waals surface area contributed by atoms with E-state index >= 15 is 0 Å². The monoisotopic (exact) mass is 212 g/mol. The Morgan fingerprint density at radius 3 is 2.47 bits per heavy atom. The number of nitrogens with one attached hydrogen (secondary N) is 1. The molecule has 3 unspecified atom stereocenters. The molecule has 3 atom stereocenters. The fourth-order valence-corrected chi connectivity index (χ4v) is 2.06. The van der Waals surface area contributed by atoms with Gasteiger partial charge in [0.05, 0.1) is 12.2 Å². The molecule has 0 aromatic heterocycles. The van der Waals surface area contributed by atoms with Crippen LogP contribution in [-0.4, -0.2) is 29.6 Å². The van der Waals surface area contributed by atoms with Crippen LogP contribution in [0.2, 0.25) is 0 Å². The van der Waals surface area contributed by atoms with E-state index in [2.05, 4.69) is 33.0 Å². The molecule has 1 rings (SSSR count). The van der Waals surface area contributed by atoms with Crippen molar-refractivity contribution in [2.24, 2.45) is 5.92 Å². The van der Waals surface area contributed by atoms with Gasteiger partial charge < -0.3 is 4.90 Å². The number of nitrogens with zero attached hydrogens (tertiary/aromatic N) is 1. The van der Waals surface area contributed by atoms with E-state index in [4.69, 9.17) is 0 Å². The standard InChI is InChI=1S/C12H24N2O/c1-5-9(4)8-14-11(7-3)13-10(6-2)12(14)15/h9-11,13H,5-8H2,1-4H3. The van der Waals surface area contributed by atoms with Crippen molar-refractivity contribution in [2.75, 3.05) is 6.54 Å². The number of hydrogen-bond acceptors (Lipinski definition) is 2. The van der Waals surface area contributed by atoms with Gasteiger partial charge in [-0.05, 0) is 18.8 Å². The van der Waals surface area contributed by atoms with Crippen LogP contribution in [-0.2, 0) is 4.79 Å². The fraction of sp³-hybridized carbons (Fsp3) is 0.917. The molecule has 1 aliphatic rings. The number of hydrogen-bond donors (Lipinski definition) is 1. The first-order valence-corrected chi connectivity index (χ1v) is 6.20. The van der Waals surface area contributed by atoms with Gasteiger partial charge in [-0.3, -0.25) is 10.1 Å². The van der Waals surface area contributed by atoms with Gasteiger partial charge in [0.25, 0.3) is 0 Å². The van der Waals surface area contributed by atoms with Gasteiger partial charge in [0, 0.05) is 6.54 Å². The van der Waals surface area contributed by atoms with Gasteiger partial charge in [0.1, 0.15) is 0 Å². The third-order valence-corrected chi connectivity index (χ3v) is 3.35. The van der Waals surface area contributed by atoms with Crippen LogP contribution in [0, 0.1) is 5.92 Å². The Bertz CT molecular complexity index is 218. The molecule has 1 aliphatic heterocycles. The summed E-state index contributed by atoms with van der Waals surface area (Å²) in [5.41, 5.74) is 0. The highest BCUT2D eigenvalue weighted by atomic mass is 16.2. The van der Waals surface area contributed by atoms with Crippen LogP contribution >= 0.6 is 0 Å². The maximum atomic E-state index is 12.0. The molecule has 0 bridgehead atoms. The summed E-state index contributed by atoms with van der Waals surface area (Å²) in [5, 5.41) is 3.40. The maximum absolute atomic E-state index is 12.0. The van der Waals surface area contributed by atoms with E-state index in [0.717, 1.165) is 25.8 Å². The maximum Gasteiger partial charge on any atom is 0.241 e. The third-order valence-electron chi connectivity index (χ3n) is 3.35. The van der Waals surface area contributed by atoms with Crippen LogP contribution < -0.4 is 5.32 Å². The molecule has 15 heavy (non-hydrogen) atoms. The molecule has 1 N–H and O–H groups in total. The molecule has 0 saturated carbocycles. The molecule has 0 spiro atoms. The van der Waals surface area contributed by atoms with Crippen molar-refractivity contribution in [1.29, 1.82) is 0 Å². The van der Waals surface area contributed by atoms with Crippen LogP contribution in [0.5, 0.6) is 0 Å². The Kier molecular flexibility index (Phi) is 4.58. The molecule has 1 fully saturated rings. The summed E-state index contributed by atoms with van der Waals surface area (Å²) in [6.07, 6.45) is 3.29. The van der Waals surface area contributed by atoms with Crippen LogP contribution in [0.15, 0.2) is 0 Å². The van der Waals surface area contributed by atoms with Crippen LogP contribution in [0.4, 0.5) is 0 Å². The van der Waals surface area contributed by atoms with E-state index in [-0.39, 0.29) is 12.2 Å². The average Bonchev–Trinajstić information content (AvgIpc) is 2.55. The van der Waals surface area contributed by atoms with Crippen molar-refractivity contribution in [3.05, 3.63) is 0 Å². The second-order valence-electron chi connectivity index (χ2n) is 4.56. The van der Waals surface area contributed by atoms with Crippen molar-refractivity contribution < 1.29 is 4.79 Å². The molecule has 1 heterocycles. The van der Waals surface area contributed by atoms with Crippen molar-refractivity contribution in [3.63, 3.8) is 0 Å². The summed E-state index contributed by atoms with van der Waals surface area (Å²) in [4.78, 5) is 14.1. The predicted molar refractivity (Wildman–Crippen MR) is 62.5 cm³/mol. The molecule has 0 aliphatic carbocycles. The second kappa shape index (κ2) is 5.50. The zero-order valence-electron chi connectivity index (χ0n) is 10.4. The lowest BCUT2D eigenvalue weighted by molar-refractivity contribution is -0.130. The first kappa shape index (κ1) is 12.5. The summed E-state index contributed by atoms with van der Waals surface area (Å²) in [6.45, 7) is 9.48. The summed E-state index contributed by atoms with van der Waals surface area (Å²) in [5.74, 6) is 0.894. The lowest BCUT2D eigenvalue weighted by Crippen LogP contribution is -2.39. The Labute approximate surface area is 93.2 Å². The van der Waals surface area contributed by atoms with Crippen molar-refractivity contribution >= 4 is 5.91 Å². The molecule has 88 valence electrons. The van der Waals surface area contributed by atoms with E-state index in [0.29, 0.717) is 11.8 Å². The topological polar surface area (TPSA) is 32.3 Å². The van der Waals surface area contributed by atoms with Gasteiger partial charge in [-0.15, -0.1) is 0 Å². The van der Waals surface area contributed by atoms with E-state index in [1.807, 2.05) is 4.90 Å². The quantitative estimate of drug-likeness (QED) is 0.755. The number of rotatable bonds is 5. The van der Waals surface area contributed by atoms with Crippen LogP contribution in [0.1, 0.15) is 47.0 Å². The van der Waals surface area contributed by atoms with Crippen LogP contribution in [0.3, 0.4) is 0 Å². The zero-order valence-corrected chi connectivity index (χ0v) is 10.4. The van der Waals surface area contributed by atoms with Crippen molar-refractivity contribution in [2.45, 2.75) is 59.2 Å². The minimum Gasteiger partial charge on any atom is -0.326 e. The number of carbonyl (C=O) groups is 1. The molecule has 0 aromatic rings. The Balaban J connectivity index is 2.63. The van der Waals surface area contributed by atoms with Gasteiger partial charge in [0.15, 0.2) is 0 Å². The largest absolute Gasteiger partial charge is 0.326 e. The Morgan fingerprint density at radius 1 is 1.33 bits per heavy atom. The molecule has 1 saturated heterocycles. The molecule has 3 heteroatoms. The number of carbonyl (C=O) groups excluding carboxylic acids is 1. The second-order valence-corrected chi connectivity index (χ2v) is 4.56. The smallest absolute Gasteiger partial charge is 0.241 e. The highest BCUT2D eigenvalue weighted by molar-refractivity contribution is 5.84. The third kappa shape index (κ3) is 2.71. The first-order chi connectivity index (χ1) is 7.13. The summed E-state index contributed by atoms with van der Waals surface area (Å²) >= 11 is 0. The zero-order chi connectivity index (χ0) is 11.4. The predicted octanol–water partition coefficient (Wildman–Crippen LogP) is 1.98. The van der Waals surface area contributed by atoms with Gasteiger partial charge >= 0.3 is 0 Å². The molecule has 0 radical (unpaired) electrons. The van der Waals surface area contributed by atoms with E-state index in [1.54, 1.807) is 0 Å². The summed E-state index contributed by atoms with van der Waals surface area (Å²) in [6, 6.07) is 0.0546. The number of amides is 1. The lowest BCUT2D eigenvalue weighted by atomic mass is 10.1. The fourth-order valence-electron chi connectivity index (χ4n) is 2.06. The molecular weight excluding hydrogens is 188 g/mol. The Hall–Kier alpha value is -0.570. The average molecular weight is 212 g/mol. The summed E-state index contributed by atoms with van der Waals surface area (Å²) < 4.78 is 0. The highest BCUT2D eigenvalue weighted by Gasteiger charge is 2.36. The van der Waals surface area contributed by atoms with E-state index in [9.17, 15) is 4.79 Å². The molecule has 3 nitrogen and oxygen atoms in total. The van der Waals surface area contributed by atoms with Crippen molar-refractivity contribution in [1.82, 2.24) is 10.2 Å². The van der Waals surface area contributed by atoms with E-state index < -0.39 is 0 Å². The van der Waals surface area contributed by atoms with Gasteiger partial charge in [-0.1, -0.05) is 34.1 Å². The highest BCUT2D eigenvalue weighted by Crippen LogP contribution is 2.18. The first-order valence-electron chi connectivity index (χ1n) is 6.20. The van der Waals surface area contributed by atoms with Gasteiger partial charge in [-0.25, -0.2) is 0 Å². The normalized spacial score (nSPS) is 28.5. The lowest BCUT2D eigenvalue weighted by Gasteiger charge is -2.25. The Morgan fingerprint density at radius 2 is 2.00 bits per heavy atom. The summed E-state index contributed by atoms with van der Waals surface area (Å²) in [7, 11) is 0. The minimum atomic E-state index is 0.0546. The van der Waals surface area contributed by atoms with Gasteiger partial charge in [0.2, 0.25) is 5.91 Å². The molecular formula is C12H24N2O. The molecule has 0 aromatic carbocycles.